The lowest BCUT2D eigenvalue weighted by atomic mass is 10.1. The molecule has 0 radical (unpaired) electrons. The number of hydrogen-bond donors (Lipinski definition) is 5. The molecule has 1 aromatic heterocycles. The van der Waals surface area contributed by atoms with Gasteiger partial charge in [-0.3, -0.25) is 24.7 Å². The molecule has 1 aliphatic heterocycles. The van der Waals surface area contributed by atoms with Crippen molar-refractivity contribution in [3.8, 4) is 0 Å². The second-order valence-electron chi connectivity index (χ2n) is 9.03. The molecule has 5 N–H and O–H groups in total. The number of aromatic nitrogens is 2. The quantitative estimate of drug-likeness (QED) is 0.0268. The largest absolute Gasteiger partial charge is 0.468 e. The van der Waals surface area contributed by atoms with Gasteiger partial charge in [-0.2, -0.15) is 4.98 Å². The summed E-state index contributed by atoms with van der Waals surface area (Å²) in [5.41, 5.74) is -0.644. The molecular weight excluding hydrogens is 606 g/mol. The molecule has 0 aliphatic carbocycles. The predicted octanol–water partition coefficient (Wildman–Crippen LogP) is 2.84. The van der Waals surface area contributed by atoms with Crippen molar-refractivity contribution in [3.63, 3.8) is 0 Å². The Morgan fingerprint density at radius 3 is 2.41 bits per heavy atom. The number of nitrogens with one attached hydrogen (secondary N) is 3. The van der Waals surface area contributed by atoms with Gasteiger partial charge in [-0.15, -0.1) is 0 Å². The smallest absolute Gasteiger partial charge is 0.293 e. The minimum atomic E-state index is -0.802. The van der Waals surface area contributed by atoms with E-state index in [4.69, 9.17) is 24.7 Å². The maximum Gasteiger partial charge on any atom is 0.293 e. The van der Waals surface area contributed by atoms with E-state index in [-0.39, 0.29) is 61.1 Å². The Kier molecular flexibility index (Phi) is 23.9. The molecule has 1 fully saturated rings. The lowest BCUT2D eigenvalue weighted by Crippen LogP contribution is -2.30. The minimum Gasteiger partial charge on any atom is -0.468 e. The number of anilines is 1. The summed E-state index contributed by atoms with van der Waals surface area (Å²) in [7, 11) is 4.96. The summed E-state index contributed by atoms with van der Waals surface area (Å²) < 4.78 is 19.6. The molecule has 2 unspecified atom stereocenters. The Balaban J connectivity index is 0. The molecule has 2 rings (SSSR count). The molecule has 0 amide bonds. The number of ether oxygens (including phenoxy) is 4. The zero-order valence-corrected chi connectivity index (χ0v) is 27.4. The van der Waals surface area contributed by atoms with Crippen molar-refractivity contribution in [2.75, 3.05) is 39.9 Å². The second-order valence-corrected chi connectivity index (χ2v) is 9.03. The number of nitrogens with zero attached hydrogens (tertiary/aromatic N) is 4. The molecule has 1 saturated heterocycles. The third-order valence-electron chi connectivity index (χ3n) is 4.70. The van der Waals surface area contributed by atoms with Crippen LogP contribution in [-0.4, -0.2) is 102 Å². The maximum atomic E-state index is 12.1. The van der Waals surface area contributed by atoms with Gasteiger partial charge < -0.3 is 44.8 Å². The van der Waals surface area contributed by atoms with E-state index in [1.54, 1.807) is 32.8 Å². The van der Waals surface area contributed by atoms with Crippen molar-refractivity contribution in [3.05, 3.63) is 74.6 Å². The van der Waals surface area contributed by atoms with Gasteiger partial charge >= 0.3 is 0 Å². The lowest BCUT2D eigenvalue weighted by molar-refractivity contribution is -0.419. The van der Waals surface area contributed by atoms with E-state index in [9.17, 15) is 24.8 Å². The van der Waals surface area contributed by atoms with E-state index in [0.717, 1.165) is 6.21 Å². The third-order valence-corrected chi connectivity index (χ3v) is 4.70. The first-order chi connectivity index (χ1) is 21.8. The molecular formula is C29H47N7O10. The Hall–Kier alpha value is -4.87. The highest BCUT2D eigenvalue weighted by Gasteiger charge is 2.19. The Bertz CT molecular complexity index is 1240. The fraction of sp³-hybridized carbons (Fsp3) is 0.483. The summed E-state index contributed by atoms with van der Waals surface area (Å²) in [5, 5.41) is 38.8. The highest BCUT2D eigenvalue weighted by Crippen LogP contribution is 2.20. The Labute approximate surface area is 268 Å². The summed E-state index contributed by atoms with van der Waals surface area (Å²) in [5.74, 6) is 0.737. The highest BCUT2D eigenvalue weighted by molar-refractivity contribution is 5.84. The SMILES string of the molecule is C=C/C=C(\C=C1\OCOC1=C)[N+](=O)[O-].CC.CC(C)O.COC(CC(O)CCOC=O)Nc1nc(/N=C/N(C)C)[nH]c(=O)c1C=N. The zero-order chi connectivity index (χ0) is 35.7. The molecule has 46 heavy (non-hydrogen) atoms. The number of carbonyl (C=O) groups excluding carboxylic acids is 1. The van der Waals surface area contributed by atoms with Crippen LogP contribution < -0.4 is 10.9 Å². The van der Waals surface area contributed by atoms with E-state index in [1.807, 2.05) is 13.8 Å². The topological polar surface area (TPSA) is 235 Å². The van der Waals surface area contributed by atoms with Gasteiger partial charge in [0.25, 0.3) is 17.7 Å². The van der Waals surface area contributed by atoms with E-state index >= 15 is 0 Å². The van der Waals surface area contributed by atoms with Crippen LogP contribution in [0.2, 0.25) is 0 Å². The standard InChI is InChI=1S/C15H24N6O5.C9H9NO4.C3H8O.C2H6/c1-21(2)8-17-15-19-13(11(7-16)14(24)20-15)18-12(25-3)6-10(23)4-5-26-9-22;1-3-4-8(10(11)12)5-9-7(2)13-6-14-9;1-3(2)4;1-2/h7-10,12,16,23H,4-6H2,1-3H3,(H2,18,19,20,24);3-5H,1-2,6H2;3-4H,1-2H3;1-2H3/b16-7?,17-8+;8-4+,9-5+;;. The van der Waals surface area contributed by atoms with Crippen LogP contribution in [0.3, 0.4) is 0 Å². The first-order valence-electron chi connectivity index (χ1n) is 14.0. The Morgan fingerprint density at radius 2 is 1.96 bits per heavy atom. The van der Waals surface area contributed by atoms with E-state index in [1.165, 1.54) is 31.7 Å². The van der Waals surface area contributed by atoms with E-state index in [2.05, 4.69) is 38.2 Å². The summed E-state index contributed by atoms with van der Waals surface area (Å²) >= 11 is 0. The first-order valence-corrected chi connectivity index (χ1v) is 14.0. The van der Waals surface area contributed by atoms with Crippen LogP contribution in [0, 0.1) is 15.5 Å². The Morgan fingerprint density at radius 1 is 1.33 bits per heavy atom. The number of H-pyrrole nitrogens is 1. The van der Waals surface area contributed by atoms with Crippen LogP contribution in [0.25, 0.3) is 0 Å². The average molecular weight is 654 g/mol. The molecule has 0 aromatic carbocycles. The summed E-state index contributed by atoms with van der Waals surface area (Å²) in [6.45, 7) is 14.8. The molecule has 2 heterocycles. The van der Waals surface area contributed by atoms with Gasteiger partial charge in [0, 0.05) is 52.4 Å². The normalized spacial score (nSPS) is 14.2. The van der Waals surface area contributed by atoms with Crippen LogP contribution in [0.15, 0.2) is 58.4 Å². The number of carbonyl (C=O) groups is 1. The maximum absolute atomic E-state index is 12.1. The number of aliphatic imine (C=N–C) groups is 1. The molecule has 1 aromatic rings. The average Bonchev–Trinajstić information content (AvgIpc) is 3.40. The number of hydrogen-bond acceptors (Lipinski definition) is 14. The third kappa shape index (κ3) is 19.4. The van der Waals surface area contributed by atoms with Gasteiger partial charge in [-0.1, -0.05) is 33.1 Å². The van der Waals surface area contributed by atoms with Crippen LogP contribution in [0.1, 0.15) is 46.1 Å². The van der Waals surface area contributed by atoms with Crippen molar-refractivity contribution in [1.29, 1.82) is 5.41 Å². The summed E-state index contributed by atoms with van der Waals surface area (Å²) in [6.07, 6.45) is 4.92. The number of aromatic amines is 1. The van der Waals surface area contributed by atoms with Crippen molar-refractivity contribution in [2.45, 2.75) is 59.0 Å². The molecule has 2 atom stereocenters. The molecule has 0 spiro atoms. The predicted molar refractivity (Wildman–Crippen MR) is 174 cm³/mol. The molecule has 17 heteroatoms. The second kappa shape index (κ2) is 25.5. The van der Waals surface area contributed by atoms with Crippen molar-refractivity contribution >= 4 is 30.8 Å². The van der Waals surface area contributed by atoms with Gasteiger partial charge in [0.15, 0.2) is 11.5 Å². The number of rotatable bonds is 15. The first kappa shape index (κ1) is 43.3. The number of methoxy groups -OCH3 is 1. The molecule has 258 valence electrons. The van der Waals surface area contributed by atoms with Gasteiger partial charge in [0.1, 0.15) is 12.0 Å². The summed E-state index contributed by atoms with van der Waals surface area (Å²) in [4.78, 5) is 44.5. The lowest BCUT2D eigenvalue weighted by Gasteiger charge is -2.21. The summed E-state index contributed by atoms with van der Waals surface area (Å²) in [6, 6.07) is 0. The van der Waals surface area contributed by atoms with Gasteiger partial charge in [-0.25, -0.2) is 4.99 Å². The fourth-order valence-corrected chi connectivity index (χ4v) is 2.78. The number of nitro groups is 1. The van der Waals surface area contributed by atoms with Crippen molar-refractivity contribution in [1.82, 2.24) is 14.9 Å². The molecule has 17 nitrogen and oxygen atoms in total. The van der Waals surface area contributed by atoms with Gasteiger partial charge in [0.2, 0.25) is 12.7 Å². The van der Waals surface area contributed by atoms with E-state index < -0.39 is 22.8 Å². The van der Waals surface area contributed by atoms with E-state index in [0.29, 0.717) is 12.2 Å². The van der Waals surface area contributed by atoms with Crippen LogP contribution in [0.4, 0.5) is 11.8 Å². The minimum absolute atomic E-state index is 0.00892. The van der Waals surface area contributed by atoms with Crippen molar-refractivity contribution in [2.24, 2.45) is 4.99 Å². The molecule has 0 saturated carbocycles. The fourth-order valence-electron chi connectivity index (χ4n) is 2.78. The van der Waals surface area contributed by atoms with Gasteiger partial charge in [0.05, 0.1) is 35.6 Å². The zero-order valence-electron chi connectivity index (χ0n) is 27.4. The van der Waals surface area contributed by atoms with Crippen LogP contribution in [-0.2, 0) is 23.7 Å². The van der Waals surface area contributed by atoms with Gasteiger partial charge in [-0.05, 0) is 13.8 Å². The molecule has 0 bridgehead atoms. The monoisotopic (exact) mass is 653 g/mol. The number of allylic oxidation sites excluding steroid dienone is 3. The van der Waals surface area contributed by atoms with Crippen LogP contribution in [0.5, 0.6) is 0 Å². The highest BCUT2D eigenvalue weighted by atomic mass is 16.7. The van der Waals surface area contributed by atoms with Crippen LogP contribution >= 0.6 is 0 Å². The van der Waals surface area contributed by atoms with Crippen molar-refractivity contribution < 1.29 is 38.9 Å². The number of aliphatic hydroxyl groups excluding tert-OH is 2. The molecule has 1 aliphatic rings. The number of aliphatic hydroxyl groups is 2.